The molecule has 0 spiro atoms. The van der Waals surface area contributed by atoms with Crippen molar-refractivity contribution in [2.45, 2.75) is 104 Å². The Balaban J connectivity index is 1.29. The van der Waals surface area contributed by atoms with E-state index in [9.17, 15) is 19.2 Å². The highest BCUT2D eigenvalue weighted by Crippen LogP contribution is 2.41. The maximum atomic E-state index is 14.5. The van der Waals surface area contributed by atoms with Crippen LogP contribution >= 0.6 is 11.5 Å². The standard InChI is InChI=1S/C44H59N9O7S/c1-10-52-34-16-15-27-19-30(34)31(38(52)29-13-11-17-45-36(29)26(4)58-8)21-44(5,6)24-60-42(56)32-14-12-18-53(48-32)41(55)33(20-35-47-39(27)49-61-35)46-40(54)37(25(2)3)50(7)43(57)51-22-28(23-51)59-9/h11,13,15-17,19,25-26,28,32-33,37,48H,10,12,14,18,20-24H2,1-9H3,(H,46,54)/t26-,32-,33-,37-/m0/s1. The molecule has 0 aliphatic carbocycles. The lowest BCUT2D eigenvalue weighted by molar-refractivity contribution is -0.155. The third-order valence-electron chi connectivity index (χ3n) is 12.1. The maximum Gasteiger partial charge on any atom is 0.324 e. The Labute approximate surface area is 361 Å². The lowest BCUT2D eigenvalue weighted by atomic mass is 9.84. The summed E-state index contributed by atoms with van der Waals surface area (Å²) in [4.78, 5) is 68.8. The van der Waals surface area contributed by atoms with Crippen molar-refractivity contribution in [3.05, 3.63) is 52.8 Å². The van der Waals surface area contributed by atoms with Crippen molar-refractivity contribution in [3.63, 3.8) is 0 Å². The first kappa shape index (κ1) is 44.1. The van der Waals surface area contributed by atoms with Gasteiger partial charge in [0.25, 0.3) is 5.91 Å². The number of likely N-dealkylation sites (tertiary alicyclic amines) is 1. The van der Waals surface area contributed by atoms with E-state index in [-0.39, 0.29) is 37.2 Å². The summed E-state index contributed by atoms with van der Waals surface area (Å²) in [6.45, 7) is 14.0. The Hall–Kier alpha value is -4.97. The van der Waals surface area contributed by atoms with Gasteiger partial charge in [0.1, 0.15) is 23.1 Å². The number of carbonyl (C=O) groups is 4. The van der Waals surface area contributed by atoms with Gasteiger partial charge in [-0.1, -0.05) is 27.7 Å². The number of nitrogens with one attached hydrogen (secondary N) is 2. The third-order valence-corrected chi connectivity index (χ3v) is 12.8. The number of hydrogen-bond donors (Lipinski definition) is 2. The van der Waals surface area contributed by atoms with Crippen LogP contribution in [-0.4, -0.2) is 129 Å². The number of fused-ring (bicyclic) bond motifs is 6. The molecule has 6 bridgehead atoms. The molecule has 16 nitrogen and oxygen atoms in total. The number of nitrogens with zero attached hydrogens (tertiary/aromatic N) is 7. The second-order valence-corrected chi connectivity index (χ2v) is 18.3. The summed E-state index contributed by atoms with van der Waals surface area (Å²) < 4.78 is 24.3. The highest BCUT2D eigenvalue weighted by Gasteiger charge is 2.40. The number of likely N-dealkylation sites (N-methyl/N-ethyl adjacent to an activating group) is 1. The topological polar surface area (TPSA) is 173 Å². The monoisotopic (exact) mass is 857 g/mol. The molecule has 2 fully saturated rings. The van der Waals surface area contributed by atoms with Gasteiger partial charge < -0.3 is 33.9 Å². The quantitative estimate of drug-likeness (QED) is 0.217. The minimum atomic E-state index is -1.08. The van der Waals surface area contributed by atoms with Crippen molar-refractivity contribution in [1.29, 1.82) is 0 Å². The molecule has 0 radical (unpaired) electrons. The molecule has 4 aromatic rings. The van der Waals surface area contributed by atoms with Crippen LogP contribution in [0.3, 0.4) is 0 Å². The zero-order chi connectivity index (χ0) is 43.7. The van der Waals surface area contributed by atoms with Gasteiger partial charge >= 0.3 is 12.0 Å². The smallest absolute Gasteiger partial charge is 0.324 e. The molecule has 2 N–H and O–H groups in total. The van der Waals surface area contributed by atoms with E-state index in [4.69, 9.17) is 28.6 Å². The van der Waals surface area contributed by atoms with Crippen molar-refractivity contribution in [1.82, 2.24) is 44.5 Å². The average Bonchev–Trinajstić information content (AvgIpc) is 3.82. The second kappa shape index (κ2) is 18.2. The number of esters is 1. The normalized spacial score (nSPS) is 20.8. The van der Waals surface area contributed by atoms with Gasteiger partial charge in [-0.3, -0.25) is 24.4 Å². The van der Waals surface area contributed by atoms with Crippen LogP contribution in [0.25, 0.3) is 33.5 Å². The number of ether oxygens (including phenoxy) is 3. The third kappa shape index (κ3) is 9.01. The summed E-state index contributed by atoms with van der Waals surface area (Å²) in [6.07, 6.45) is 3.11. The summed E-state index contributed by atoms with van der Waals surface area (Å²) in [7, 11) is 4.89. The van der Waals surface area contributed by atoms with Gasteiger partial charge in [0, 0.05) is 74.4 Å². The molecule has 328 valence electrons. The van der Waals surface area contributed by atoms with Crippen LogP contribution in [0.15, 0.2) is 36.5 Å². The van der Waals surface area contributed by atoms with E-state index in [1.165, 1.54) is 21.4 Å². The fourth-order valence-corrected chi connectivity index (χ4v) is 9.44. The Bertz CT molecular complexity index is 2270. The van der Waals surface area contributed by atoms with Gasteiger partial charge in [0.15, 0.2) is 5.82 Å². The molecule has 3 aliphatic rings. The van der Waals surface area contributed by atoms with E-state index in [1.807, 2.05) is 32.9 Å². The van der Waals surface area contributed by atoms with Crippen molar-refractivity contribution in [2.24, 2.45) is 11.3 Å². The molecule has 1 aromatic carbocycles. The summed E-state index contributed by atoms with van der Waals surface area (Å²) in [5, 5.41) is 5.96. The minimum absolute atomic E-state index is 0.0408. The molecule has 4 atom stereocenters. The molecule has 61 heavy (non-hydrogen) atoms. The Morgan fingerprint density at radius 2 is 1.92 bits per heavy atom. The SMILES string of the molecule is CCn1c(-c2cccnc2[C@H](C)OC)c2c3cc(ccc31)-c1nsc(n1)C[C@H](NC(=O)[C@H](C(C)C)N(C)C(=O)N1CC(OC)C1)C(=O)N1CCC[C@H](N1)C(=O)OCC(C)(C)C2. The van der Waals surface area contributed by atoms with Crippen molar-refractivity contribution in [2.75, 3.05) is 47.5 Å². The van der Waals surface area contributed by atoms with Crippen molar-refractivity contribution < 1.29 is 33.4 Å². The molecule has 2 saturated heterocycles. The zero-order valence-electron chi connectivity index (χ0n) is 36.7. The van der Waals surface area contributed by atoms with E-state index in [0.29, 0.717) is 56.3 Å². The van der Waals surface area contributed by atoms with Gasteiger partial charge in [-0.15, -0.1) is 0 Å². The molecule has 0 saturated carbocycles. The molecule has 3 aliphatic heterocycles. The summed E-state index contributed by atoms with van der Waals surface area (Å²) in [5.41, 5.74) is 8.35. The number of pyridine rings is 1. The van der Waals surface area contributed by atoms with Crippen LogP contribution < -0.4 is 10.7 Å². The highest BCUT2D eigenvalue weighted by atomic mass is 32.1. The molecule has 4 amide bonds. The number of hydrogen-bond acceptors (Lipinski definition) is 12. The van der Waals surface area contributed by atoms with Crippen LogP contribution in [0.5, 0.6) is 0 Å². The number of aromatic nitrogens is 4. The van der Waals surface area contributed by atoms with Crippen LogP contribution in [0.4, 0.5) is 4.79 Å². The van der Waals surface area contributed by atoms with Crippen molar-refractivity contribution in [3.8, 4) is 22.6 Å². The van der Waals surface area contributed by atoms with Crippen molar-refractivity contribution >= 4 is 46.3 Å². The fraction of sp³-hybridized carbons (Fsp3) is 0.568. The molecule has 0 unspecified atom stereocenters. The molecule has 6 heterocycles. The van der Waals surface area contributed by atoms with Crippen LogP contribution in [0.1, 0.15) is 76.8 Å². The first-order chi connectivity index (χ1) is 29.1. The molecule has 17 heteroatoms. The van der Waals surface area contributed by atoms with Gasteiger partial charge in [-0.25, -0.2) is 15.2 Å². The van der Waals surface area contributed by atoms with E-state index >= 15 is 0 Å². The number of carbonyl (C=O) groups excluding carboxylic acids is 4. The Kier molecular flexibility index (Phi) is 13.1. The van der Waals surface area contributed by atoms with Crippen LogP contribution in [-0.2, 0) is 48.0 Å². The lowest BCUT2D eigenvalue weighted by Crippen LogP contribution is -2.64. The first-order valence-corrected chi connectivity index (χ1v) is 22.0. The van der Waals surface area contributed by atoms with Gasteiger partial charge in [0.05, 0.1) is 43.3 Å². The predicted molar refractivity (Wildman–Crippen MR) is 231 cm³/mol. The number of urea groups is 1. The van der Waals surface area contributed by atoms with Gasteiger partial charge in [-0.2, -0.15) is 4.37 Å². The zero-order valence-corrected chi connectivity index (χ0v) is 37.5. The number of methoxy groups -OCH3 is 2. The van der Waals surface area contributed by atoms with E-state index < -0.39 is 41.3 Å². The van der Waals surface area contributed by atoms with E-state index in [0.717, 1.165) is 39.0 Å². The number of aryl methyl sites for hydroxylation is 1. The Morgan fingerprint density at radius 1 is 1.15 bits per heavy atom. The lowest BCUT2D eigenvalue weighted by Gasteiger charge is -2.42. The molecular formula is C44H59N9O7S. The summed E-state index contributed by atoms with van der Waals surface area (Å²) in [6, 6.07) is 7.22. The number of benzene rings is 1. The summed E-state index contributed by atoms with van der Waals surface area (Å²) in [5.74, 6) is -1.12. The van der Waals surface area contributed by atoms with Gasteiger partial charge in [-0.05, 0) is 86.5 Å². The van der Waals surface area contributed by atoms with Crippen LogP contribution in [0.2, 0.25) is 0 Å². The second-order valence-electron chi connectivity index (χ2n) is 17.5. The fourth-order valence-electron chi connectivity index (χ4n) is 8.73. The average molecular weight is 858 g/mol. The number of cyclic esters (lactones) is 1. The summed E-state index contributed by atoms with van der Waals surface area (Å²) >= 11 is 1.17. The van der Waals surface area contributed by atoms with E-state index in [1.54, 1.807) is 32.4 Å². The largest absolute Gasteiger partial charge is 0.464 e. The van der Waals surface area contributed by atoms with E-state index in [2.05, 4.69) is 54.3 Å². The molecular weight excluding hydrogens is 799 g/mol. The van der Waals surface area contributed by atoms with Crippen LogP contribution in [0, 0.1) is 11.3 Å². The highest BCUT2D eigenvalue weighted by molar-refractivity contribution is 7.05. The first-order valence-electron chi connectivity index (χ1n) is 21.2. The minimum Gasteiger partial charge on any atom is -0.464 e. The number of amides is 4. The number of hydrazine groups is 1. The maximum absolute atomic E-state index is 14.5. The predicted octanol–water partition coefficient (Wildman–Crippen LogP) is 5.00. The molecule has 7 rings (SSSR count). The number of rotatable bonds is 9. The Morgan fingerprint density at radius 3 is 2.62 bits per heavy atom. The molecule has 3 aromatic heterocycles. The van der Waals surface area contributed by atoms with Gasteiger partial charge in [0.2, 0.25) is 5.91 Å².